The fraction of sp³-hybridized carbons (Fsp3) is 0.167. The van der Waals surface area contributed by atoms with Crippen LogP contribution in [0.4, 0.5) is 4.39 Å². The molecule has 25 heavy (non-hydrogen) atoms. The highest BCUT2D eigenvalue weighted by atomic mass is 35.5. The molecule has 3 aromatic rings. The summed E-state index contributed by atoms with van der Waals surface area (Å²) in [6.45, 7) is 2.06. The van der Waals surface area contributed by atoms with Crippen molar-refractivity contribution < 1.29 is 13.7 Å². The number of aryl methyl sites for hydroxylation is 1. The average molecular weight is 360 g/mol. The Morgan fingerprint density at radius 1 is 1.24 bits per heavy atom. The van der Waals surface area contributed by atoms with Gasteiger partial charge in [0.25, 0.3) is 5.91 Å². The number of nitrogens with zero attached hydrogens (tertiary/aromatic N) is 3. The van der Waals surface area contributed by atoms with Crippen molar-refractivity contribution in [3.05, 3.63) is 70.3 Å². The van der Waals surface area contributed by atoms with Gasteiger partial charge in [-0.3, -0.25) is 4.79 Å². The summed E-state index contributed by atoms with van der Waals surface area (Å²) in [7, 11) is 1.53. The summed E-state index contributed by atoms with van der Waals surface area (Å²) in [4.78, 5) is 17.9. The number of amides is 1. The Bertz CT molecular complexity index is 909. The highest BCUT2D eigenvalue weighted by molar-refractivity contribution is 6.30. The van der Waals surface area contributed by atoms with Crippen LogP contribution in [0.2, 0.25) is 5.02 Å². The number of hydrogen-bond donors (Lipinski definition) is 0. The molecule has 0 bridgehead atoms. The van der Waals surface area contributed by atoms with E-state index in [0.29, 0.717) is 5.82 Å². The van der Waals surface area contributed by atoms with Gasteiger partial charge < -0.3 is 9.42 Å². The minimum atomic E-state index is -0.671. The summed E-state index contributed by atoms with van der Waals surface area (Å²) in [5.41, 5.74) is 1.88. The number of hydrogen-bond acceptors (Lipinski definition) is 4. The van der Waals surface area contributed by atoms with E-state index in [1.807, 2.05) is 31.2 Å². The molecule has 1 amide bonds. The third kappa shape index (κ3) is 3.85. The van der Waals surface area contributed by atoms with Gasteiger partial charge in [-0.05, 0) is 25.1 Å². The third-order valence-corrected chi connectivity index (χ3v) is 3.89. The predicted molar refractivity (Wildman–Crippen MR) is 91.7 cm³/mol. The molecule has 0 aliphatic heterocycles. The molecule has 1 aromatic heterocycles. The fourth-order valence-corrected chi connectivity index (χ4v) is 2.44. The molecule has 0 saturated heterocycles. The molecule has 0 N–H and O–H groups in total. The van der Waals surface area contributed by atoms with Gasteiger partial charge in [0.1, 0.15) is 5.82 Å². The number of carbonyl (C=O) groups excluding carboxylic acids is 1. The molecule has 7 heteroatoms. The van der Waals surface area contributed by atoms with E-state index < -0.39 is 11.7 Å². The molecule has 128 valence electrons. The van der Waals surface area contributed by atoms with E-state index in [0.717, 1.165) is 17.2 Å². The van der Waals surface area contributed by atoms with Gasteiger partial charge in [0.2, 0.25) is 11.7 Å². The minimum Gasteiger partial charge on any atom is -0.337 e. The smallest absolute Gasteiger partial charge is 0.257 e. The van der Waals surface area contributed by atoms with E-state index in [2.05, 4.69) is 10.1 Å². The summed E-state index contributed by atoms with van der Waals surface area (Å²) in [6.07, 6.45) is 0. The van der Waals surface area contributed by atoms with Crippen molar-refractivity contribution in [3.63, 3.8) is 0 Å². The van der Waals surface area contributed by atoms with Crippen LogP contribution in [0, 0.1) is 12.7 Å². The second kappa shape index (κ2) is 7.03. The van der Waals surface area contributed by atoms with E-state index in [1.165, 1.54) is 24.1 Å². The summed E-state index contributed by atoms with van der Waals surface area (Å²) < 4.78 is 19.1. The summed E-state index contributed by atoms with van der Waals surface area (Å²) in [6, 6.07) is 11.6. The first-order chi connectivity index (χ1) is 11.9. The maximum Gasteiger partial charge on any atom is 0.257 e. The Morgan fingerprint density at radius 2 is 1.96 bits per heavy atom. The molecular weight excluding hydrogens is 345 g/mol. The fourth-order valence-electron chi connectivity index (χ4n) is 2.28. The monoisotopic (exact) mass is 359 g/mol. The van der Waals surface area contributed by atoms with Crippen LogP contribution in [0.15, 0.2) is 47.0 Å². The molecule has 0 saturated carbocycles. The summed E-state index contributed by atoms with van der Waals surface area (Å²) in [5, 5.41) is 4.15. The van der Waals surface area contributed by atoms with E-state index >= 15 is 0 Å². The first kappa shape index (κ1) is 17.1. The first-order valence-corrected chi connectivity index (χ1v) is 7.92. The Morgan fingerprint density at radius 3 is 2.64 bits per heavy atom. The largest absolute Gasteiger partial charge is 0.337 e. The average Bonchev–Trinajstić information content (AvgIpc) is 3.03. The number of halogens is 2. The molecule has 3 rings (SSSR count). The van der Waals surface area contributed by atoms with Crippen molar-refractivity contribution in [1.82, 2.24) is 15.0 Å². The van der Waals surface area contributed by atoms with Crippen molar-refractivity contribution in [1.29, 1.82) is 0 Å². The zero-order chi connectivity index (χ0) is 18.0. The Hall–Kier alpha value is -2.73. The van der Waals surface area contributed by atoms with Crippen LogP contribution in [-0.4, -0.2) is 28.0 Å². The van der Waals surface area contributed by atoms with Crippen LogP contribution >= 0.6 is 11.6 Å². The topological polar surface area (TPSA) is 59.2 Å². The van der Waals surface area contributed by atoms with Crippen molar-refractivity contribution in [2.75, 3.05) is 7.05 Å². The molecule has 0 unspecified atom stereocenters. The van der Waals surface area contributed by atoms with Crippen LogP contribution < -0.4 is 0 Å². The van der Waals surface area contributed by atoms with Crippen molar-refractivity contribution in [2.45, 2.75) is 13.5 Å². The quantitative estimate of drug-likeness (QED) is 0.703. The zero-order valence-corrected chi connectivity index (χ0v) is 14.4. The third-order valence-electron chi connectivity index (χ3n) is 3.66. The lowest BCUT2D eigenvalue weighted by Gasteiger charge is -2.15. The molecule has 0 aliphatic carbocycles. The zero-order valence-electron chi connectivity index (χ0n) is 13.7. The van der Waals surface area contributed by atoms with E-state index in [9.17, 15) is 9.18 Å². The molecule has 0 aliphatic rings. The van der Waals surface area contributed by atoms with Gasteiger partial charge in [0.05, 0.1) is 12.1 Å². The lowest BCUT2D eigenvalue weighted by Crippen LogP contribution is -2.27. The van der Waals surface area contributed by atoms with Gasteiger partial charge in [-0.25, -0.2) is 4.39 Å². The normalized spacial score (nSPS) is 10.7. The van der Waals surface area contributed by atoms with Gasteiger partial charge in [-0.2, -0.15) is 4.98 Å². The second-order valence-electron chi connectivity index (χ2n) is 5.66. The molecule has 0 atom stereocenters. The van der Waals surface area contributed by atoms with Crippen LogP contribution in [0.25, 0.3) is 11.4 Å². The van der Waals surface area contributed by atoms with Gasteiger partial charge in [-0.1, -0.05) is 46.6 Å². The maximum atomic E-state index is 13.9. The summed E-state index contributed by atoms with van der Waals surface area (Å²) >= 11 is 5.70. The second-order valence-corrected chi connectivity index (χ2v) is 6.10. The Labute approximate surface area is 149 Å². The van der Waals surface area contributed by atoms with Crippen LogP contribution in [-0.2, 0) is 6.54 Å². The van der Waals surface area contributed by atoms with E-state index in [-0.39, 0.29) is 23.0 Å². The Kier molecular flexibility index (Phi) is 4.81. The number of rotatable bonds is 4. The van der Waals surface area contributed by atoms with Crippen LogP contribution in [0.1, 0.15) is 21.8 Å². The minimum absolute atomic E-state index is 0.0647. The van der Waals surface area contributed by atoms with Gasteiger partial charge in [0, 0.05) is 17.6 Å². The lowest BCUT2D eigenvalue weighted by molar-refractivity contribution is 0.0765. The van der Waals surface area contributed by atoms with Crippen LogP contribution in [0.5, 0.6) is 0 Å². The van der Waals surface area contributed by atoms with E-state index in [1.54, 1.807) is 0 Å². The Balaban J connectivity index is 1.74. The number of carbonyl (C=O) groups is 1. The number of aromatic nitrogens is 2. The molecule has 2 aromatic carbocycles. The highest BCUT2D eigenvalue weighted by Gasteiger charge is 2.19. The molecule has 0 fully saturated rings. The maximum absolute atomic E-state index is 13.9. The molecule has 0 radical (unpaired) electrons. The standard InChI is InChI=1S/C18H15ClFN3O2/c1-11-3-5-12(6-4-11)17-21-16(25-22-17)10-23(2)18(24)14-8-7-13(19)9-15(14)20/h3-9H,10H2,1-2H3. The molecule has 1 heterocycles. The molecule has 0 spiro atoms. The van der Waals surface area contributed by atoms with Crippen molar-refractivity contribution >= 4 is 17.5 Å². The lowest BCUT2D eigenvalue weighted by atomic mass is 10.1. The predicted octanol–water partition coefficient (Wildman–Crippen LogP) is 4.11. The summed E-state index contributed by atoms with van der Waals surface area (Å²) in [5.74, 6) is -0.464. The van der Waals surface area contributed by atoms with Gasteiger partial charge in [-0.15, -0.1) is 0 Å². The van der Waals surface area contributed by atoms with E-state index in [4.69, 9.17) is 16.1 Å². The van der Waals surface area contributed by atoms with Gasteiger partial charge >= 0.3 is 0 Å². The van der Waals surface area contributed by atoms with Gasteiger partial charge in [0.15, 0.2) is 0 Å². The SMILES string of the molecule is Cc1ccc(-c2noc(CN(C)C(=O)c3ccc(Cl)cc3F)n2)cc1. The van der Waals surface area contributed by atoms with Crippen molar-refractivity contribution in [2.24, 2.45) is 0 Å². The highest BCUT2D eigenvalue weighted by Crippen LogP contribution is 2.19. The molecule has 5 nitrogen and oxygen atoms in total. The first-order valence-electron chi connectivity index (χ1n) is 7.54. The van der Waals surface area contributed by atoms with Crippen LogP contribution in [0.3, 0.4) is 0 Å². The molecular formula is C18H15ClFN3O2. The number of benzene rings is 2. The van der Waals surface area contributed by atoms with Crippen molar-refractivity contribution in [3.8, 4) is 11.4 Å².